The van der Waals surface area contributed by atoms with Gasteiger partial charge in [-0.2, -0.15) is 9.90 Å². The van der Waals surface area contributed by atoms with E-state index in [2.05, 4.69) is 43.4 Å². The molecule has 0 saturated carbocycles. The maximum absolute atomic E-state index is 5.82. The van der Waals surface area contributed by atoms with Gasteiger partial charge in [0.2, 0.25) is 0 Å². The average molecular weight is 245 g/mol. The molecule has 3 heteroatoms. The van der Waals surface area contributed by atoms with Crippen LogP contribution in [-0.4, -0.2) is 0 Å². The van der Waals surface area contributed by atoms with Gasteiger partial charge in [0.1, 0.15) is 0 Å². The van der Waals surface area contributed by atoms with E-state index in [9.17, 15) is 0 Å². The summed E-state index contributed by atoms with van der Waals surface area (Å²) in [5, 5.41) is 3.40. The van der Waals surface area contributed by atoms with E-state index < -0.39 is 0 Å². The quantitative estimate of drug-likeness (QED) is 0.599. The number of hydrogen-bond acceptors (Lipinski definition) is 2. The molecule has 1 unspecified atom stereocenters. The Hall–Kier alpha value is -1.53. The van der Waals surface area contributed by atoms with E-state index in [0.717, 1.165) is 22.9 Å². The monoisotopic (exact) mass is 245 g/mol. The van der Waals surface area contributed by atoms with Crippen LogP contribution in [0, 0.1) is 13.8 Å². The van der Waals surface area contributed by atoms with Gasteiger partial charge in [-0.25, -0.2) is 0 Å². The number of benzene rings is 2. The van der Waals surface area contributed by atoms with Gasteiger partial charge >= 0.3 is 0 Å². The van der Waals surface area contributed by atoms with Crippen LogP contribution in [0.5, 0.6) is 11.5 Å². The summed E-state index contributed by atoms with van der Waals surface area (Å²) in [6.07, 6.45) is 0. The molecular formula is C14H16NOP. The number of fused-ring (bicyclic) bond motifs is 2. The van der Waals surface area contributed by atoms with Gasteiger partial charge in [-0.1, -0.05) is 12.1 Å². The number of hydrogen-bond donors (Lipinski definition) is 1. The number of aryl methyl sites for hydroxylation is 2. The van der Waals surface area contributed by atoms with E-state index in [4.69, 9.17) is 4.74 Å². The third-order valence-corrected chi connectivity index (χ3v) is 2.76. The van der Waals surface area contributed by atoms with E-state index >= 15 is 0 Å². The zero-order valence-corrected chi connectivity index (χ0v) is 11.5. The molecule has 2 aromatic rings. The van der Waals surface area contributed by atoms with Crippen molar-refractivity contribution < 1.29 is 4.74 Å². The van der Waals surface area contributed by atoms with Crippen molar-refractivity contribution >= 4 is 21.3 Å². The maximum atomic E-state index is 5.82. The van der Waals surface area contributed by atoms with Crippen molar-refractivity contribution in [1.29, 1.82) is 0 Å². The zero-order chi connectivity index (χ0) is 11.1. The predicted molar refractivity (Wildman–Crippen MR) is 76.8 cm³/mol. The van der Waals surface area contributed by atoms with Gasteiger partial charge in [0.05, 0.1) is 11.4 Å². The van der Waals surface area contributed by atoms with Crippen molar-refractivity contribution in [3.8, 4) is 11.5 Å². The fourth-order valence-electron chi connectivity index (χ4n) is 1.92. The van der Waals surface area contributed by atoms with Gasteiger partial charge in [0.15, 0.2) is 11.5 Å². The lowest BCUT2D eigenvalue weighted by Crippen LogP contribution is -2.03. The molecule has 0 spiro atoms. The summed E-state index contributed by atoms with van der Waals surface area (Å²) in [6.45, 7) is 4.15. The summed E-state index contributed by atoms with van der Waals surface area (Å²) >= 11 is 0. The van der Waals surface area contributed by atoms with Crippen LogP contribution in [0.3, 0.4) is 0 Å². The molecule has 1 heterocycles. The highest BCUT2D eigenvalue weighted by molar-refractivity contribution is 6.92. The lowest BCUT2D eigenvalue weighted by Gasteiger charge is -2.22. The minimum atomic E-state index is 0. The lowest BCUT2D eigenvalue weighted by atomic mass is 10.1. The molecule has 0 aliphatic carbocycles. The summed E-state index contributed by atoms with van der Waals surface area (Å²) in [5.74, 6) is 1.78. The minimum Gasteiger partial charge on any atom is -0.453 e. The largest absolute Gasteiger partial charge is 0.453 e. The van der Waals surface area contributed by atoms with Crippen molar-refractivity contribution in [2.24, 2.45) is 0 Å². The van der Waals surface area contributed by atoms with Crippen LogP contribution in [-0.2, 0) is 0 Å². The van der Waals surface area contributed by atoms with Crippen LogP contribution in [0.25, 0.3) is 0 Å². The second kappa shape index (κ2) is 4.38. The van der Waals surface area contributed by atoms with Gasteiger partial charge in [-0.3, -0.25) is 0 Å². The van der Waals surface area contributed by atoms with Gasteiger partial charge in [-0.15, -0.1) is 0 Å². The fourth-order valence-corrected chi connectivity index (χ4v) is 1.92. The molecule has 0 aromatic heterocycles. The lowest BCUT2D eigenvalue weighted by molar-refractivity contribution is 0.481. The van der Waals surface area contributed by atoms with Gasteiger partial charge in [0, 0.05) is 0 Å². The van der Waals surface area contributed by atoms with Crippen molar-refractivity contribution in [2.75, 3.05) is 5.32 Å². The Bertz CT molecular complexity index is 517. The van der Waals surface area contributed by atoms with Gasteiger partial charge in [0.25, 0.3) is 0 Å². The normalized spacial score (nSPS) is 11.4. The summed E-state index contributed by atoms with van der Waals surface area (Å²) in [6, 6.07) is 12.3. The Morgan fingerprint density at radius 1 is 0.824 bits per heavy atom. The SMILES string of the molecule is Cc1ccc2c(c1)Nc1cc(C)ccc1O2.P. The topological polar surface area (TPSA) is 21.3 Å². The second-order valence-corrected chi connectivity index (χ2v) is 4.23. The Balaban J connectivity index is 0.00000108. The summed E-state index contributed by atoms with van der Waals surface area (Å²) in [4.78, 5) is 0. The number of rotatable bonds is 0. The molecule has 1 aliphatic rings. The van der Waals surface area contributed by atoms with Crippen molar-refractivity contribution in [3.63, 3.8) is 0 Å². The van der Waals surface area contributed by atoms with Crippen LogP contribution in [0.2, 0.25) is 0 Å². The number of anilines is 2. The highest BCUT2D eigenvalue weighted by Crippen LogP contribution is 2.42. The predicted octanol–water partition coefficient (Wildman–Crippen LogP) is 4.21. The molecule has 17 heavy (non-hydrogen) atoms. The van der Waals surface area contributed by atoms with Gasteiger partial charge < -0.3 is 10.1 Å². The van der Waals surface area contributed by atoms with Gasteiger partial charge in [-0.05, 0) is 49.2 Å². The summed E-state index contributed by atoms with van der Waals surface area (Å²) < 4.78 is 5.82. The highest BCUT2D eigenvalue weighted by Gasteiger charge is 2.15. The molecule has 1 N–H and O–H groups in total. The smallest absolute Gasteiger partial charge is 0.150 e. The first-order chi connectivity index (χ1) is 7.72. The molecule has 0 amide bonds. The fraction of sp³-hybridized carbons (Fsp3) is 0.143. The Labute approximate surface area is 105 Å². The molecular weight excluding hydrogens is 229 g/mol. The van der Waals surface area contributed by atoms with Crippen LogP contribution in [0.15, 0.2) is 36.4 Å². The average Bonchev–Trinajstić information content (AvgIpc) is 2.26. The molecule has 0 fully saturated rings. The molecule has 88 valence electrons. The van der Waals surface area contributed by atoms with Crippen LogP contribution >= 0.6 is 9.90 Å². The Kier molecular flexibility index (Phi) is 3.08. The minimum absolute atomic E-state index is 0. The second-order valence-electron chi connectivity index (χ2n) is 4.23. The van der Waals surface area contributed by atoms with E-state index in [1.165, 1.54) is 11.1 Å². The third-order valence-electron chi connectivity index (χ3n) is 2.76. The molecule has 2 aromatic carbocycles. The maximum Gasteiger partial charge on any atom is 0.150 e. The third kappa shape index (κ3) is 2.13. The molecule has 1 aliphatic heterocycles. The molecule has 0 radical (unpaired) electrons. The van der Waals surface area contributed by atoms with E-state index in [1.807, 2.05) is 12.1 Å². The molecule has 2 nitrogen and oxygen atoms in total. The molecule has 1 atom stereocenters. The van der Waals surface area contributed by atoms with Crippen molar-refractivity contribution in [3.05, 3.63) is 47.5 Å². The zero-order valence-electron chi connectivity index (χ0n) is 10.1. The van der Waals surface area contributed by atoms with Crippen LogP contribution < -0.4 is 10.1 Å². The Morgan fingerprint density at radius 3 is 1.76 bits per heavy atom. The first-order valence-electron chi connectivity index (χ1n) is 5.38. The molecule has 3 rings (SSSR count). The van der Waals surface area contributed by atoms with E-state index in [0.29, 0.717) is 0 Å². The summed E-state index contributed by atoms with van der Waals surface area (Å²) in [7, 11) is 0. The number of ether oxygens (including phenoxy) is 1. The first kappa shape index (κ1) is 11.9. The molecule has 0 saturated heterocycles. The van der Waals surface area contributed by atoms with E-state index in [1.54, 1.807) is 0 Å². The number of nitrogens with one attached hydrogen (secondary N) is 1. The van der Waals surface area contributed by atoms with Crippen molar-refractivity contribution in [1.82, 2.24) is 0 Å². The summed E-state index contributed by atoms with van der Waals surface area (Å²) in [5.41, 5.74) is 4.54. The van der Waals surface area contributed by atoms with Crippen LogP contribution in [0.4, 0.5) is 11.4 Å². The van der Waals surface area contributed by atoms with E-state index in [-0.39, 0.29) is 9.90 Å². The van der Waals surface area contributed by atoms with Crippen LogP contribution in [0.1, 0.15) is 11.1 Å². The standard InChI is InChI=1S/C14H13NO.H3P/c1-9-3-5-13-11(7-9)15-12-8-10(2)4-6-14(12)16-13;/h3-8,15H,1-2H3;1H3. The highest BCUT2D eigenvalue weighted by atomic mass is 31.0. The Morgan fingerprint density at radius 2 is 1.29 bits per heavy atom. The molecule has 0 bridgehead atoms. The first-order valence-corrected chi connectivity index (χ1v) is 5.38. The van der Waals surface area contributed by atoms with Crippen molar-refractivity contribution in [2.45, 2.75) is 13.8 Å².